The van der Waals surface area contributed by atoms with Crippen LogP contribution in [0.15, 0.2) is 79.3 Å². The minimum atomic E-state index is -1.51. The molecule has 5 rings (SSSR count). The number of aliphatic hydroxyl groups is 1. The highest BCUT2D eigenvalue weighted by molar-refractivity contribution is 6.34. The molecule has 3 aromatic heterocycles. The smallest absolute Gasteiger partial charge is 0.261 e. The molecular weight excluding hydrogens is 476 g/mol. The summed E-state index contributed by atoms with van der Waals surface area (Å²) in [4.78, 5) is 22.0. The summed E-state index contributed by atoms with van der Waals surface area (Å²) in [6.45, 7) is 4.55. The molecule has 0 fully saturated rings. The minimum Gasteiger partial charge on any atom is -0.374 e. The third kappa shape index (κ3) is 4.04. The summed E-state index contributed by atoms with van der Waals surface area (Å²) in [6.07, 6.45) is 3.75. The van der Waals surface area contributed by atoms with E-state index in [9.17, 15) is 9.90 Å². The van der Waals surface area contributed by atoms with Gasteiger partial charge in [-0.25, -0.2) is 9.97 Å². The second-order valence-corrected chi connectivity index (χ2v) is 8.75. The zero-order chi connectivity index (χ0) is 25.3. The summed E-state index contributed by atoms with van der Waals surface area (Å²) in [7, 11) is 0. The van der Waals surface area contributed by atoms with Crippen molar-refractivity contribution in [1.29, 1.82) is 0 Å². The molecule has 2 N–H and O–H groups in total. The quantitative estimate of drug-likeness (QED) is 0.337. The van der Waals surface area contributed by atoms with Gasteiger partial charge in [0, 0.05) is 24.5 Å². The molecule has 8 nitrogen and oxygen atoms in total. The van der Waals surface area contributed by atoms with Crippen molar-refractivity contribution >= 4 is 29.1 Å². The number of rotatable bonds is 7. The molecule has 182 valence electrons. The summed E-state index contributed by atoms with van der Waals surface area (Å²) in [5.41, 5.74) is 1.90. The number of pyridine rings is 1. The van der Waals surface area contributed by atoms with Crippen molar-refractivity contribution in [2.24, 2.45) is 0 Å². The number of nitrogens with one attached hydrogen (secondary N) is 1. The maximum atomic E-state index is 13.1. The van der Waals surface area contributed by atoms with E-state index in [1.807, 2.05) is 78.9 Å². The Bertz CT molecular complexity index is 1490. The Kier molecular flexibility index (Phi) is 6.30. The average molecular weight is 501 g/mol. The molecule has 0 bridgehead atoms. The maximum Gasteiger partial charge on any atom is 0.261 e. The van der Waals surface area contributed by atoms with E-state index in [1.54, 1.807) is 23.3 Å². The Morgan fingerprint density at radius 3 is 2.25 bits per heavy atom. The van der Waals surface area contributed by atoms with Crippen molar-refractivity contribution in [2.45, 2.75) is 32.4 Å². The first kappa shape index (κ1) is 23.7. The number of halogens is 1. The Hall–Kier alpha value is -4.01. The Labute approximate surface area is 213 Å². The van der Waals surface area contributed by atoms with E-state index >= 15 is 0 Å². The predicted octanol–water partition coefficient (Wildman–Crippen LogP) is 4.70. The number of carbonyl (C=O) groups is 1. The fourth-order valence-electron chi connectivity index (χ4n) is 4.38. The summed E-state index contributed by atoms with van der Waals surface area (Å²) in [5.74, 6) is -0.239. The van der Waals surface area contributed by atoms with Gasteiger partial charge in [0.25, 0.3) is 5.91 Å². The number of hydrogen-bond donors (Lipinski definition) is 2. The zero-order valence-corrected chi connectivity index (χ0v) is 20.6. The molecule has 0 aliphatic heterocycles. The van der Waals surface area contributed by atoms with Gasteiger partial charge in [-0.15, -0.1) is 5.10 Å². The van der Waals surface area contributed by atoms with Crippen LogP contribution in [0.25, 0.3) is 5.65 Å². The number of aromatic nitrogens is 5. The van der Waals surface area contributed by atoms with Crippen molar-refractivity contribution in [2.75, 3.05) is 5.32 Å². The molecule has 0 radical (unpaired) electrons. The molecule has 5 aromatic rings. The van der Waals surface area contributed by atoms with E-state index < -0.39 is 11.5 Å². The van der Waals surface area contributed by atoms with E-state index in [-0.39, 0.29) is 16.5 Å². The van der Waals surface area contributed by atoms with Crippen LogP contribution in [0.4, 0.5) is 5.95 Å². The van der Waals surface area contributed by atoms with Crippen molar-refractivity contribution < 1.29 is 9.90 Å². The number of nitrogens with zero attached hydrogens (tertiary/aromatic N) is 5. The lowest BCUT2D eigenvalue weighted by Gasteiger charge is -2.29. The lowest BCUT2D eigenvalue weighted by Crippen LogP contribution is -2.30. The first-order chi connectivity index (χ1) is 17.5. The molecule has 0 aliphatic rings. The lowest BCUT2D eigenvalue weighted by atomic mass is 9.82. The molecule has 0 saturated heterocycles. The standard InChI is InChI=1S/C27H25ClN6O2/c1-3-22-24(27(36,18-11-7-5-8-12-18)19-13-9-6-10-14-19)30-23-15-21(28)20(16-34(22)23)25(35)31-26-29-17-33(4-2)32-26/h5-17,36H,3-4H2,1-2H3,(H,31,32,35). The van der Waals surface area contributed by atoms with E-state index in [2.05, 4.69) is 15.4 Å². The van der Waals surface area contributed by atoms with E-state index in [4.69, 9.17) is 16.6 Å². The van der Waals surface area contributed by atoms with Crippen LogP contribution >= 0.6 is 11.6 Å². The van der Waals surface area contributed by atoms with Crippen LogP contribution in [0, 0.1) is 0 Å². The molecule has 3 heterocycles. The van der Waals surface area contributed by atoms with Gasteiger partial charge in [0.15, 0.2) is 5.60 Å². The molecule has 0 spiro atoms. The number of hydrogen-bond acceptors (Lipinski definition) is 5. The molecule has 0 aliphatic carbocycles. The highest BCUT2D eigenvalue weighted by Gasteiger charge is 2.38. The molecule has 2 aromatic carbocycles. The molecule has 36 heavy (non-hydrogen) atoms. The van der Waals surface area contributed by atoms with E-state index in [0.29, 0.717) is 35.4 Å². The Balaban J connectivity index is 1.65. The summed E-state index contributed by atoms with van der Waals surface area (Å²) >= 11 is 6.53. The summed E-state index contributed by atoms with van der Waals surface area (Å²) < 4.78 is 3.43. The Morgan fingerprint density at radius 1 is 1.06 bits per heavy atom. The number of carbonyl (C=O) groups excluding carboxylic acids is 1. The summed E-state index contributed by atoms with van der Waals surface area (Å²) in [6, 6.07) is 20.5. The predicted molar refractivity (Wildman–Crippen MR) is 138 cm³/mol. The fourth-order valence-corrected chi connectivity index (χ4v) is 4.61. The van der Waals surface area contributed by atoms with Crippen LogP contribution in [0.3, 0.4) is 0 Å². The number of amides is 1. The second kappa shape index (κ2) is 9.56. The third-order valence-electron chi connectivity index (χ3n) is 6.20. The topological polar surface area (TPSA) is 97.3 Å². The second-order valence-electron chi connectivity index (χ2n) is 8.34. The highest BCUT2D eigenvalue weighted by Crippen LogP contribution is 2.38. The van der Waals surface area contributed by atoms with Crippen molar-refractivity contribution in [1.82, 2.24) is 24.1 Å². The van der Waals surface area contributed by atoms with Crippen molar-refractivity contribution in [3.63, 3.8) is 0 Å². The first-order valence-corrected chi connectivity index (χ1v) is 12.1. The van der Waals surface area contributed by atoms with Crippen LogP contribution in [0.2, 0.25) is 5.02 Å². The number of fused-ring (bicyclic) bond motifs is 1. The van der Waals surface area contributed by atoms with Gasteiger partial charge in [-0.05, 0) is 24.5 Å². The number of aryl methyl sites for hydroxylation is 2. The average Bonchev–Trinajstić information content (AvgIpc) is 3.52. The van der Waals surface area contributed by atoms with Crippen LogP contribution in [-0.4, -0.2) is 35.2 Å². The molecular formula is C27H25ClN6O2. The van der Waals surface area contributed by atoms with Crippen molar-refractivity contribution in [3.05, 3.63) is 112 Å². The molecule has 0 atom stereocenters. The molecule has 0 unspecified atom stereocenters. The van der Waals surface area contributed by atoms with Crippen molar-refractivity contribution in [3.8, 4) is 0 Å². The van der Waals surface area contributed by atoms with Gasteiger partial charge in [-0.2, -0.15) is 0 Å². The lowest BCUT2D eigenvalue weighted by molar-refractivity contribution is 0.102. The zero-order valence-electron chi connectivity index (χ0n) is 19.9. The number of imidazole rings is 1. The van der Waals surface area contributed by atoms with E-state index in [0.717, 1.165) is 5.69 Å². The number of benzene rings is 2. The van der Waals surface area contributed by atoms with Gasteiger partial charge in [0.1, 0.15) is 17.7 Å². The minimum absolute atomic E-state index is 0.197. The van der Waals surface area contributed by atoms with Crippen LogP contribution in [0.1, 0.15) is 46.7 Å². The third-order valence-corrected chi connectivity index (χ3v) is 6.51. The normalized spacial score (nSPS) is 11.7. The fraction of sp³-hybridized carbons (Fsp3) is 0.185. The first-order valence-electron chi connectivity index (χ1n) is 11.7. The Morgan fingerprint density at radius 2 is 1.69 bits per heavy atom. The molecule has 0 saturated carbocycles. The maximum absolute atomic E-state index is 13.1. The van der Waals surface area contributed by atoms with Gasteiger partial charge in [-0.1, -0.05) is 79.2 Å². The monoisotopic (exact) mass is 500 g/mol. The SMILES string of the molecule is CCc1c(C(O)(c2ccccc2)c2ccccc2)nc2cc(Cl)c(C(=O)Nc3ncn(CC)n3)cn12. The molecule has 1 amide bonds. The number of anilines is 1. The van der Waals surface area contributed by atoms with Crippen LogP contribution < -0.4 is 5.32 Å². The van der Waals surface area contributed by atoms with Crippen LogP contribution in [-0.2, 0) is 18.6 Å². The van der Waals surface area contributed by atoms with Crippen LogP contribution in [0.5, 0.6) is 0 Å². The van der Waals surface area contributed by atoms with Gasteiger partial charge in [-0.3, -0.25) is 14.8 Å². The summed E-state index contributed by atoms with van der Waals surface area (Å²) in [5, 5.41) is 19.4. The largest absolute Gasteiger partial charge is 0.374 e. The van der Waals surface area contributed by atoms with Gasteiger partial charge >= 0.3 is 0 Å². The highest BCUT2D eigenvalue weighted by atomic mass is 35.5. The van der Waals surface area contributed by atoms with E-state index in [1.165, 1.54) is 0 Å². The van der Waals surface area contributed by atoms with Gasteiger partial charge < -0.3 is 9.51 Å². The van der Waals surface area contributed by atoms with Gasteiger partial charge in [0.05, 0.1) is 10.6 Å². The molecule has 9 heteroatoms. The van der Waals surface area contributed by atoms with Gasteiger partial charge in [0.2, 0.25) is 5.95 Å².